The zero-order chi connectivity index (χ0) is 24.8. The van der Waals surface area contributed by atoms with Crippen molar-refractivity contribution in [2.24, 2.45) is 4.99 Å². The molecular formula is C28H27N3O3S. The van der Waals surface area contributed by atoms with Crippen molar-refractivity contribution in [3.63, 3.8) is 0 Å². The predicted octanol–water partition coefficient (Wildman–Crippen LogP) is 5.94. The van der Waals surface area contributed by atoms with Crippen LogP contribution in [0.15, 0.2) is 82.7 Å². The fourth-order valence-electron chi connectivity index (χ4n) is 3.63. The Morgan fingerprint density at radius 1 is 1.00 bits per heavy atom. The van der Waals surface area contributed by atoms with Gasteiger partial charge in [-0.15, -0.1) is 0 Å². The second-order valence-corrected chi connectivity index (χ2v) is 9.08. The quantitative estimate of drug-likeness (QED) is 0.420. The van der Waals surface area contributed by atoms with Gasteiger partial charge in [0.05, 0.1) is 10.6 Å². The predicted molar refractivity (Wildman–Crippen MR) is 143 cm³/mol. The minimum absolute atomic E-state index is 0.0552. The van der Waals surface area contributed by atoms with Crippen molar-refractivity contribution >= 4 is 46.2 Å². The molecule has 1 aliphatic rings. The standard InChI is InChI=1S/C28H27N3O3S/c1-4-31-27(33)24(35-28(31)30-26-19(2)9-8-10-20(26)3)17-21-13-15-23(16-14-21)34-18-25(32)29-22-11-6-5-7-12-22/h5-17H,4,18H2,1-3H3,(H,29,32)/b24-17+,30-28?. The van der Waals surface area contributed by atoms with Gasteiger partial charge in [0.25, 0.3) is 11.8 Å². The summed E-state index contributed by atoms with van der Waals surface area (Å²) in [4.78, 5) is 32.2. The first-order chi connectivity index (χ1) is 16.9. The van der Waals surface area contributed by atoms with Crippen molar-refractivity contribution in [3.8, 4) is 5.75 Å². The van der Waals surface area contributed by atoms with Crippen LogP contribution in [0.25, 0.3) is 6.08 Å². The minimum atomic E-state index is -0.231. The maximum Gasteiger partial charge on any atom is 0.266 e. The summed E-state index contributed by atoms with van der Waals surface area (Å²) in [5.74, 6) is 0.291. The smallest absolute Gasteiger partial charge is 0.266 e. The number of amidine groups is 1. The maximum atomic E-state index is 13.0. The largest absolute Gasteiger partial charge is 0.484 e. The first kappa shape index (κ1) is 24.3. The summed E-state index contributed by atoms with van der Waals surface area (Å²) in [6.45, 7) is 6.45. The van der Waals surface area contributed by atoms with Gasteiger partial charge in [-0.1, -0.05) is 48.5 Å². The number of rotatable bonds is 7. The number of likely N-dealkylation sites (N-methyl/N-ethyl adjacent to an activating group) is 1. The first-order valence-electron chi connectivity index (χ1n) is 11.4. The fraction of sp³-hybridized carbons (Fsp3) is 0.179. The summed E-state index contributed by atoms with van der Waals surface area (Å²) < 4.78 is 5.59. The molecule has 35 heavy (non-hydrogen) atoms. The second kappa shape index (κ2) is 11.1. The van der Waals surface area contributed by atoms with E-state index in [4.69, 9.17) is 9.73 Å². The van der Waals surface area contributed by atoms with Crippen LogP contribution in [0, 0.1) is 13.8 Å². The van der Waals surface area contributed by atoms with Crippen molar-refractivity contribution in [1.29, 1.82) is 0 Å². The van der Waals surface area contributed by atoms with Crippen molar-refractivity contribution in [2.45, 2.75) is 20.8 Å². The third-order valence-corrected chi connectivity index (χ3v) is 6.46. The molecule has 3 aromatic rings. The molecule has 0 saturated carbocycles. The summed E-state index contributed by atoms with van der Waals surface area (Å²) in [7, 11) is 0. The van der Waals surface area contributed by atoms with Gasteiger partial charge in [0.15, 0.2) is 11.8 Å². The van der Waals surface area contributed by atoms with E-state index in [1.165, 1.54) is 11.8 Å². The normalized spacial score (nSPS) is 15.6. The number of aliphatic imine (C=N–C) groups is 1. The zero-order valence-corrected chi connectivity index (χ0v) is 20.8. The molecule has 3 aromatic carbocycles. The van der Waals surface area contributed by atoms with E-state index in [9.17, 15) is 9.59 Å². The average molecular weight is 486 g/mol. The highest BCUT2D eigenvalue weighted by Gasteiger charge is 2.32. The van der Waals surface area contributed by atoms with Gasteiger partial charge in [0.1, 0.15) is 5.75 Å². The number of hydrogen-bond donors (Lipinski definition) is 1. The van der Waals surface area contributed by atoms with Crippen molar-refractivity contribution in [3.05, 3.63) is 94.4 Å². The van der Waals surface area contributed by atoms with Crippen LogP contribution in [0.2, 0.25) is 0 Å². The molecule has 1 saturated heterocycles. The van der Waals surface area contributed by atoms with Crippen molar-refractivity contribution in [1.82, 2.24) is 4.90 Å². The average Bonchev–Trinajstić information content (AvgIpc) is 3.15. The molecule has 6 nitrogen and oxygen atoms in total. The number of anilines is 1. The summed E-state index contributed by atoms with van der Waals surface area (Å²) in [5.41, 5.74) is 4.65. The van der Waals surface area contributed by atoms with Crippen LogP contribution in [-0.4, -0.2) is 35.0 Å². The fourth-order valence-corrected chi connectivity index (χ4v) is 4.68. The van der Waals surface area contributed by atoms with Crippen LogP contribution in [0.1, 0.15) is 23.6 Å². The number of amides is 2. The Morgan fingerprint density at radius 2 is 1.69 bits per heavy atom. The van der Waals surface area contributed by atoms with E-state index in [2.05, 4.69) is 5.32 Å². The van der Waals surface area contributed by atoms with Crippen molar-refractivity contribution < 1.29 is 14.3 Å². The topological polar surface area (TPSA) is 71.0 Å². The zero-order valence-electron chi connectivity index (χ0n) is 19.9. The number of nitrogens with one attached hydrogen (secondary N) is 1. The van der Waals surface area contributed by atoms with Crippen LogP contribution in [0.5, 0.6) is 5.75 Å². The van der Waals surface area contributed by atoms with Crippen LogP contribution in [-0.2, 0) is 9.59 Å². The number of para-hydroxylation sites is 2. The Bertz CT molecular complexity index is 1260. The van der Waals surface area contributed by atoms with Gasteiger partial charge in [0, 0.05) is 12.2 Å². The number of benzene rings is 3. The van der Waals surface area contributed by atoms with E-state index in [-0.39, 0.29) is 18.4 Å². The van der Waals surface area contributed by atoms with Gasteiger partial charge in [-0.05, 0) is 79.6 Å². The molecule has 0 bridgehead atoms. The number of ether oxygens (including phenoxy) is 1. The van der Waals surface area contributed by atoms with E-state index >= 15 is 0 Å². The molecule has 0 atom stereocenters. The molecule has 4 rings (SSSR count). The lowest BCUT2D eigenvalue weighted by molar-refractivity contribution is -0.122. The molecule has 7 heteroatoms. The Hall–Kier alpha value is -3.84. The third-order valence-electron chi connectivity index (χ3n) is 5.46. The maximum absolute atomic E-state index is 13.0. The number of hydrogen-bond acceptors (Lipinski definition) is 5. The van der Waals surface area contributed by atoms with Gasteiger partial charge < -0.3 is 10.1 Å². The molecule has 1 fully saturated rings. The Labute approximate surface area is 209 Å². The van der Waals surface area contributed by atoms with Crippen LogP contribution >= 0.6 is 11.8 Å². The Balaban J connectivity index is 1.43. The van der Waals surface area contributed by atoms with Gasteiger partial charge in [-0.2, -0.15) is 0 Å². The molecule has 0 aromatic heterocycles. The molecule has 178 valence electrons. The molecule has 0 spiro atoms. The third kappa shape index (κ3) is 6.00. The van der Waals surface area contributed by atoms with E-state index in [0.717, 1.165) is 28.1 Å². The molecule has 0 unspecified atom stereocenters. The molecule has 1 N–H and O–H groups in total. The number of aryl methyl sites for hydroxylation is 2. The number of nitrogens with zero attached hydrogens (tertiary/aromatic N) is 2. The molecular weight excluding hydrogens is 458 g/mol. The van der Waals surface area contributed by atoms with Crippen molar-refractivity contribution in [2.75, 3.05) is 18.5 Å². The molecule has 0 radical (unpaired) electrons. The van der Waals surface area contributed by atoms with Crippen LogP contribution in [0.4, 0.5) is 11.4 Å². The molecule has 2 amide bonds. The van der Waals surface area contributed by atoms with Crippen LogP contribution < -0.4 is 10.1 Å². The molecule has 0 aliphatic carbocycles. The van der Waals surface area contributed by atoms with E-state index in [0.29, 0.717) is 22.4 Å². The number of carbonyl (C=O) groups excluding carboxylic acids is 2. The SMILES string of the molecule is CCN1C(=O)/C(=C\c2ccc(OCC(=O)Nc3ccccc3)cc2)SC1=Nc1c(C)cccc1C. The van der Waals surface area contributed by atoms with E-state index in [1.54, 1.807) is 17.0 Å². The number of carbonyl (C=O) groups is 2. The second-order valence-electron chi connectivity index (χ2n) is 8.07. The summed E-state index contributed by atoms with van der Waals surface area (Å²) >= 11 is 1.38. The summed E-state index contributed by atoms with van der Waals surface area (Å²) in [5, 5.41) is 3.47. The van der Waals surface area contributed by atoms with Gasteiger partial charge >= 0.3 is 0 Å². The summed E-state index contributed by atoms with van der Waals surface area (Å²) in [6.07, 6.45) is 1.86. The van der Waals surface area contributed by atoms with E-state index < -0.39 is 0 Å². The summed E-state index contributed by atoms with van der Waals surface area (Å²) in [6, 6.07) is 22.6. The minimum Gasteiger partial charge on any atom is -0.484 e. The highest BCUT2D eigenvalue weighted by atomic mass is 32.2. The first-order valence-corrected chi connectivity index (χ1v) is 12.2. The van der Waals surface area contributed by atoms with Gasteiger partial charge in [0.2, 0.25) is 0 Å². The highest BCUT2D eigenvalue weighted by Crippen LogP contribution is 2.35. The molecule has 1 aliphatic heterocycles. The Kier molecular flexibility index (Phi) is 7.67. The lowest BCUT2D eigenvalue weighted by Gasteiger charge is -2.13. The molecule has 1 heterocycles. The lowest BCUT2D eigenvalue weighted by Crippen LogP contribution is -2.28. The lowest BCUT2D eigenvalue weighted by atomic mass is 10.1. The van der Waals surface area contributed by atoms with E-state index in [1.807, 2.05) is 87.5 Å². The monoisotopic (exact) mass is 485 g/mol. The Morgan fingerprint density at radius 3 is 2.34 bits per heavy atom. The van der Waals surface area contributed by atoms with Crippen LogP contribution in [0.3, 0.4) is 0 Å². The van der Waals surface area contributed by atoms with Gasteiger partial charge in [-0.25, -0.2) is 4.99 Å². The number of thioether (sulfide) groups is 1. The highest BCUT2D eigenvalue weighted by molar-refractivity contribution is 8.18. The van der Waals surface area contributed by atoms with Gasteiger partial charge in [-0.3, -0.25) is 14.5 Å².